The van der Waals surface area contributed by atoms with Crippen LogP contribution in [-0.2, 0) is 14.3 Å². The fourth-order valence-electron chi connectivity index (χ4n) is 3.28. The quantitative estimate of drug-likeness (QED) is 0.576. The molecule has 0 aliphatic carbocycles. The standard InChI is InChI=1S/C21H25ClN4O4S/c1-3-4-15(24-21(29)25-18-8-7-17(22)31-18)20(28)23-14-5-6-16(13(2)11-14)26-9-10-30-12-19(26)27/h5-8,11,15H,3-4,9-10,12H2,1-2H3,(H,23,28)(H2,24,25,29)/t15-/m1/s1. The Morgan fingerprint density at radius 2 is 2.06 bits per heavy atom. The molecule has 0 saturated carbocycles. The van der Waals surface area contributed by atoms with E-state index in [0.717, 1.165) is 17.7 Å². The van der Waals surface area contributed by atoms with E-state index in [1.807, 2.05) is 26.0 Å². The number of nitrogens with zero attached hydrogens (tertiary/aromatic N) is 1. The van der Waals surface area contributed by atoms with Crippen molar-refractivity contribution in [2.24, 2.45) is 0 Å². The van der Waals surface area contributed by atoms with Gasteiger partial charge < -0.3 is 20.3 Å². The number of urea groups is 1. The van der Waals surface area contributed by atoms with Crippen LogP contribution in [0.5, 0.6) is 0 Å². The second kappa shape index (κ2) is 10.6. The lowest BCUT2D eigenvalue weighted by atomic mass is 10.1. The van der Waals surface area contributed by atoms with Crippen LogP contribution in [0.1, 0.15) is 25.3 Å². The number of carbonyl (C=O) groups excluding carboxylic acids is 3. The number of benzene rings is 1. The van der Waals surface area contributed by atoms with Crippen molar-refractivity contribution in [1.82, 2.24) is 5.32 Å². The molecule has 1 atom stereocenters. The maximum absolute atomic E-state index is 12.8. The smallest absolute Gasteiger partial charge is 0.320 e. The number of aryl methyl sites for hydroxylation is 1. The lowest BCUT2D eigenvalue weighted by Crippen LogP contribution is -2.45. The minimum Gasteiger partial charge on any atom is -0.370 e. The van der Waals surface area contributed by atoms with Gasteiger partial charge in [-0.1, -0.05) is 24.9 Å². The molecule has 1 aliphatic heterocycles. The van der Waals surface area contributed by atoms with Crippen molar-refractivity contribution in [2.45, 2.75) is 32.7 Å². The number of halogens is 1. The van der Waals surface area contributed by atoms with Gasteiger partial charge in [-0.05, 0) is 49.2 Å². The van der Waals surface area contributed by atoms with Gasteiger partial charge in [0.1, 0.15) is 12.6 Å². The van der Waals surface area contributed by atoms with E-state index in [9.17, 15) is 14.4 Å². The van der Waals surface area contributed by atoms with Crippen LogP contribution in [0.4, 0.5) is 21.2 Å². The number of thiophene rings is 1. The molecule has 166 valence electrons. The highest BCUT2D eigenvalue weighted by Crippen LogP contribution is 2.26. The third-order valence-corrected chi connectivity index (χ3v) is 5.90. The normalized spacial score (nSPS) is 14.8. The average Bonchev–Trinajstić information content (AvgIpc) is 3.13. The first kappa shape index (κ1) is 23.1. The SMILES string of the molecule is CCC[C@@H](NC(=O)Nc1ccc(Cl)s1)C(=O)Nc1ccc(N2CCOCC2=O)c(C)c1. The molecule has 4 amide bonds. The van der Waals surface area contributed by atoms with Crippen LogP contribution < -0.4 is 20.9 Å². The molecule has 0 bridgehead atoms. The first-order valence-corrected chi connectivity index (χ1v) is 11.2. The Hall–Kier alpha value is -2.62. The zero-order valence-corrected chi connectivity index (χ0v) is 18.9. The van der Waals surface area contributed by atoms with Crippen molar-refractivity contribution in [3.05, 3.63) is 40.2 Å². The van der Waals surface area contributed by atoms with Crippen LogP contribution >= 0.6 is 22.9 Å². The topological polar surface area (TPSA) is 99.8 Å². The lowest BCUT2D eigenvalue weighted by Gasteiger charge is -2.28. The van der Waals surface area contributed by atoms with E-state index in [1.165, 1.54) is 11.3 Å². The van der Waals surface area contributed by atoms with Gasteiger partial charge in [-0.25, -0.2) is 4.79 Å². The number of ether oxygens (including phenoxy) is 1. The maximum Gasteiger partial charge on any atom is 0.320 e. The average molecular weight is 465 g/mol. The molecular weight excluding hydrogens is 440 g/mol. The van der Waals surface area contributed by atoms with Crippen LogP contribution in [-0.4, -0.2) is 43.6 Å². The number of rotatable bonds is 7. The van der Waals surface area contributed by atoms with Gasteiger partial charge in [0.25, 0.3) is 5.91 Å². The molecule has 1 fully saturated rings. The fraction of sp³-hybridized carbons (Fsp3) is 0.381. The van der Waals surface area contributed by atoms with Crippen LogP contribution in [0.3, 0.4) is 0 Å². The summed E-state index contributed by atoms with van der Waals surface area (Å²) in [7, 11) is 0. The minimum absolute atomic E-state index is 0.0715. The Balaban J connectivity index is 1.63. The first-order chi connectivity index (χ1) is 14.9. The third kappa shape index (κ3) is 6.19. The summed E-state index contributed by atoms with van der Waals surface area (Å²) in [5.41, 5.74) is 2.25. The second-order valence-corrected chi connectivity index (χ2v) is 8.85. The highest BCUT2D eigenvalue weighted by Gasteiger charge is 2.23. The molecule has 2 aromatic rings. The van der Waals surface area contributed by atoms with Crippen LogP contribution in [0.15, 0.2) is 30.3 Å². The highest BCUT2D eigenvalue weighted by molar-refractivity contribution is 7.20. The van der Waals surface area contributed by atoms with Gasteiger partial charge in [0.15, 0.2) is 0 Å². The van der Waals surface area contributed by atoms with Gasteiger partial charge in [0.2, 0.25) is 5.91 Å². The number of amides is 4. The number of carbonyl (C=O) groups is 3. The molecule has 3 N–H and O–H groups in total. The molecule has 0 unspecified atom stereocenters. The summed E-state index contributed by atoms with van der Waals surface area (Å²) in [6.45, 7) is 4.89. The lowest BCUT2D eigenvalue weighted by molar-refractivity contribution is -0.125. The molecule has 0 spiro atoms. The predicted molar refractivity (Wildman–Crippen MR) is 123 cm³/mol. The fourth-order valence-corrected chi connectivity index (χ4v) is 4.22. The molecule has 0 radical (unpaired) electrons. The van der Waals surface area contributed by atoms with E-state index in [0.29, 0.717) is 34.6 Å². The van der Waals surface area contributed by atoms with Crippen LogP contribution in [0.2, 0.25) is 4.34 Å². The van der Waals surface area contributed by atoms with Crippen molar-refractivity contribution in [3.8, 4) is 0 Å². The molecule has 8 nitrogen and oxygen atoms in total. The Morgan fingerprint density at radius 3 is 2.71 bits per heavy atom. The van der Waals surface area contributed by atoms with Gasteiger partial charge in [0, 0.05) is 17.9 Å². The molecular formula is C21H25ClN4O4S. The summed E-state index contributed by atoms with van der Waals surface area (Å²) in [6.07, 6.45) is 1.21. The molecule has 1 aliphatic rings. The summed E-state index contributed by atoms with van der Waals surface area (Å²) in [4.78, 5) is 38.8. The third-order valence-electron chi connectivity index (χ3n) is 4.75. The zero-order chi connectivity index (χ0) is 22.4. The van der Waals surface area contributed by atoms with Crippen LogP contribution in [0.25, 0.3) is 0 Å². The van der Waals surface area contributed by atoms with Gasteiger partial charge >= 0.3 is 6.03 Å². The summed E-state index contributed by atoms with van der Waals surface area (Å²) >= 11 is 7.12. The molecule has 1 aromatic heterocycles. The highest BCUT2D eigenvalue weighted by atomic mass is 35.5. The summed E-state index contributed by atoms with van der Waals surface area (Å²) < 4.78 is 5.74. The van der Waals surface area contributed by atoms with Crippen molar-refractivity contribution >= 4 is 57.2 Å². The molecule has 10 heteroatoms. The zero-order valence-electron chi connectivity index (χ0n) is 17.4. The van der Waals surface area contributed by atoms with Crippen LogP contribution in [0, 0.1) is 6.92 Å². The van der Waals surface area contributed by atoms with E-state index in [2.05, 4.69) is 16.0 Å². The van der Waals surface area contributed by atoms with E-state index in [-0.39, 0.29) is 18.4 Å². The van der Waals surface area contributed by atoms with Crippen molar-refractivity contribution in [1.29, 1.82) is 0 Å². The molecule has 1 saturated heterocycles. The first-order valence-electron chi connectivity index (χ1n) is 10.00. The molecule has 3 rings (SSSR count). The monoisotopic (exact) mass is 464 g/mol. The van der Waals surface area contributed by atoms with E-state index >= 15 is 0 Å². The van der Waals surface area contributed by atoms with Crippen molar-refractivity contribution in [2.75, 3.05) is 35.3 Å². The minimum atomic E-state index is -0.693. The summed E-state index contributed by atoms with van der Waals surface area (Å²) in [5.74, 6) is -0.396. The Kier molecular flexibility index (Phi) is 7.89. The number of anilines is 3. The summed E-state index contributed by atoms with van der Waals surface area (Å²) in [6, 6.07) is 7.60. The molecule has 2 heterocycles. The Morgan fingerprint density at radius 1 is 1.26 bits per heavy atom. The number of nitrogens with one attached hydrogen (secondary N) is 3. The van der Waals surface area contributed by atoms with Gasteiger partial charge in [0.05, 0.1) is 15.9 Å². The van der Waals surface area contributed by atoms with E-state index < -0.39 is 12.1 Å². The number of hydrogen-bond acceptors (Lipinski definition) is 5. The molecule has 31 heavy (non-hydrogen) atoms. The summed E-state index contributed by atoms with van der Waals surface area (Å²) in [5, 5.41) is 8.85. The van der Waals surface area contributed by atoms with Gasteiger partial charge in [-0.2, -0.15) is 0 Å². The Bertz CT molecular complexity index is 965. The largest absolute Gasteiger partial charge is 0.370 e. The van der Waals surface area contributed by atoms with Gasteiger partial charge in [-0.3, -0.25) is 14.9 Å². The van der Waals surface area contributed by atoms with E-state index in [4.69, 9.17) is 16.3 Å². The maximum atomic E-state index is 12.8. The number of morpholine rings is 1. The number of hydrogen-bond donors (Lipinski definition) is 3. The van der Waals surface area contributed by atoms with E-state index in [1.54, 1.807) is 23.1 Å². The molecule has 1 aromatic carbocycles. The predicted octanol–water partition coefficient (Wildman–Crippen LogP) is 4.00. The van der Waals surface area contributed by atoms with Crippen molar-refractivity contribution < 1.29 is 19.1 Å². The second-order valence-electron chi connectivity index (χ2n) is 7.13. The van der Waals surface area contributed by atoms with Crippen molar-refractivity contribution in [3.63, 3.8) is 0 Å². The Labute approximate surface area is 189 Å². The van der Waals surface area contributed by atoms with Gasteiger partial charge in [-0.15, -0.1) is 11.3 Å².